The molecule has 0 aliphatic heterocycles. The van der Waals surface area contributed by atoms with E-state index in [2.05, 4.69) is 49.2 Å². The molecule has 2 aromatic heterocycles. The van der Waals surface area contributed by atoms with Crippen LogP contribution < -0.4 is 5.32 Å². The fraction of sp³-hybridized carbons (Fsp3) is 0.647. The SMILES string of the molecule is CC1CCC(C)C(Nc2cnc3c(cnn3C(C)C)c2)C1. The monoisotopic (exact) mass is 286 g/mol. The number of hydrogen-bond acceptors (Lipinski definition) is 3. The molecule has 2 aromatic rings. The number of pyridine rings is 1. The van der Waals surface area contributed by atoms with Crippen LogP contribution in [-0.2, 0) is 0 Å². The van der Waals surface area contributed by atoms with Gasteiger partial charge in [-0.1, -0.05) is 20.3 Å². The Bertz CT molecular complexity index is 616. The molecular weight excluding hydrogens is 260 g/mol. The summed E-state index contributed by atoms with van der Waals surface area (Å²) >= 11 is 0. The van der Waals surface area contributed by atoms with E-state index in [9.17, 15) is 0 Å². The van der Waals surface area contributed by atoms with Crippen molar-refractivity contribution in [1.29, 1.82) is 0 Å². The lowest BCUT2D eigenvalue weighted by Crippen LogP contribution is -2.33. The molecule has 4 heteroatoms. The molecule has 0 spiro atoms. The van der Waals surface area contributed by atoms with Crippen LogP contribution in [0.2, 0.25) is 0 Å². The summed E-state index contributed by atoms with van der Waals surface area (Å²) in [5.74, 6) is 1.55. The summed E-state index contributed by atoms with van der Waals surface area (Å²) in [6.45, 7) is 8.97. The average molecular weight is 286 g/mol. The summed E-state index contributed by atoms with van der Waals surface area (Å²) in [4.78, 5) is 4.61. The van der Waals surface area contributed by atoms with Crippen LogP contribution in [0.4, 0.5) is 5.69 Å². The van der Waals surface area contributed by atoms with E-state index in [1.807, 2.05) is 17.1 Å². The molecule has 3 rings (SSSR count). The second-order valence-electron chi connectivity index (χ2n) is 6.97. The fourth-order valence-electron chi connectivity index (χ4n) is 3.34. The first-order valence-corrected chi connectivity index (χ1v) is 8.14. The summed E-state index contributed by atoms with van der Waals surface area (Å²) in [6.07, 6.45) is 7.80. The van der Waals surface area contributed by atoms with E-state index in [0.29, 0.717) is 12.1 Å². The highest BCUT2D eigenvalue weighted by atomic mass is 15.3. The highest BCUT2D eigenvalue weighted by molar-refractivity contribution is 5.78. The quantitative estimate of drug-likeness (QED) is 0.917. The summed E-state index contributed by atoms with van der Waals surface area (Å²) in [5, 5.41) is 9.24. The zero-order chi connectivity index (χ0) is 15.0. The van der Waals surface area contributed by atoms with Crippen molar-refractivity contribution in [2.75, 3.05) is 5.32 Å². The van der Waals surface area contributed by atoms with Crippen LogP contribution in [0, 0.1) is 11.8 Å². The van der Waals surface area contributed by atoms with Gasteiger partial charge in [-0.05, 0) is 44.6 Å². The van der Waals surface area contributed by atoms with Gasteiger partial charge in [-0.2, -0.15) is 5.10 Å². The van der Waals surface area contributed by atoms with Gasteiger partial charge in [-0.25, -0.2) is 9.67 Å². The first-order chi connectivity index (χ1) is 10.0. The van der Waals surface area contributed by atoms with Crippen molar-refractivity contribution in [2.24, 2.45) is 11.8 Å². The van der Waals surface area contributed by atoms with Gasteiger partial charge in [0.1, 0.15) is 0 Å². The Morgan fingerprint density at radius 1 is 1.24 bits per heavy atom. The Labute approximate surface area is 126 Å². The van der Waals surface area contributed by atoms with Crippen molar-refractivity contribution in [1.82, 2.24) is 14.8 Å². The molecule has 1 fully saturated rings. The van der Waals surface area contributed by atoms with E-state index in [1.54, 1.807) is 0 Å². The van der Waals surface area contributed by atoms with E-state index >= 15 is 0 Å². The summed E-state index contributed by atoms with van der Waals surface area (Å²) in [5.41, 5.74) is 2.09. The predicted molar refractivity (Wildman–Crippen MR) is 87.5 cm³/mol. The smallest absolute Gasteiger partial charge is 0.158 e. The van der Waals surface area contributed by atoms with E-state index in [0.717, 1.165) is 28.6 Å². The van der Waals surface area contributed by atoms with Crippen LogP contribution in [0.5, 0.6) is 0 Å². The minimum atomic E-state index is 0.341. The van der Waals surface area contributed by atoms with Crippen molar-refractivity contribution in [2.45, 2.75) is 59.0 Å². The molecule has 21 heavy (non-hydrogen) atoms. The normalized spacial score (nSPS) is 26.4. The van der Waals surface area contributed by atoms with Gasteiger partial charge in [0.25, 0.3) is 0 Å². The molecule has 0 amide bonds. The first-order valence-electron chi connectivity index (χ1n) is 8.14. The summed E-state index contributed by atoms with van der Waals surface area (Å²) in [7, 11) is 0. The Hall–Kier alpha value is -1.58. The second-order valence-corrected chi connectivity index (χ2v) is 6.97. The van der Waals surface area contributed by atoms with Gasteiger partial charge in [-0.3, -0.25) is 0 Å². The van der Waals surface area contributed by atoms with Crippen LogP contribution >= 0.6 is 0 Å². The summed E-state index contributed by atoms with van der Waals surface area (Å²) < 4.78 is 1.98. The van der Waals surface area contributed by atoms with E-state index in [4.69, 9.17) is 0 Å². The highest BCUT2D eigenvalue weighted by Gasteiger charge is 2.25. The molecule has 1 saturated carbocycles. The third-order valence-corrected chi connectivity index (χ3v) is 4.73. The lowest BCUT2D eigenvalue weighted by molar-refractivity contribution is 0.280. The molecule has 0 radical (unpaired) electrons. The third kappa shape index (κ3) is 2.89. The van der Waals surface area contributed by atoms with Gasteiger partial charge in [0.15, 0.2) is 5.65 Å². The highest BCUT2D eigenvalue weighted by Crippen LogP contribution is 2.31. The minimum Gasteiger partial charge on any atom is -0.381 e. The Kier molecular flexibility index (Phi) is 3.87. The zero-order valence-electron chi connectivity index (χ0n) is 13.5. The van der Waals surface area contributed by atoms with Crippen molar-refractivity contribution < 1.29 is 0 Å². The van der Waals surface area contributed by atoms with E-state index in [1.165, 1.54) is 19.3 Å². The lowest BCUT2D eigenvalue weighted by Gasteiger charge is -2.33. The molecule has 0 bridgehead atoms. The predicted octanol–water partition coefficient (Wildman–Crippen LogP) is 4.25. The van der Waals surface area contributed by atoms with Gasteiger partial charge >= 0.3 is 0 Å². The maximum absolute atomic E-state index is 4.61. The van der Waals surface area contributed by atoms with Gasteiger partial charge < -0.3 is 5.32 Å². The average Bonchev–Trinajstić information content (AvgIpc) is 2.86. The van der Waals surface area contributed by atoms with Crippen molar-refractivity contribution in [3.8, 4) is 0 Å². The number of fused-ring (bicyclic) bond motifs is 1. The van der Waals surface area contributed by atoms with Gasteiger partial charge in [0.05, 0.1) is 18.1 Å². The number of hydrogen-bond donors (Lipinski definition) is 1. The number of aromatic nitrogens is 3. The van der Waals surface area contributed by atoms with Crippen LogP contribution in [-0.4, -0.2) is 20.8 Å². The molecule has 4 nitrogen and oxygen atoms in total. The van der Waals surface area contributed by atoms with E-state index < -0.39 is 0 Å². The molecule has 0 aromatic carbocycles. The molecule has 3 unspecified atom stereocenters. The number of nitrogens with zero attached hydrogens (tertiary/aromatic N) is 3. The standard InChI is InChI=1S/C17H26N4/c1-11(2)21-17-14(9-19-21)8-15(10-18-17)20-16-7-12(3)5-6-13(16)4/h8-13,16,20H,5-7H2,1-4H3. The fourth-order valence-corrected chi connectivity index (χ4v) is 3.34. The Morgan fingerprint density at radius 3 is 2.81 bits per heavy atom. The van der Waals surface area contributed by atoms with Crippen molar-refractivity contribution in [3.63, 3.8) is 0 Å². The topological polar surface area (TPSA) is 42.7 Å². The number of rotatable bonds is 3. The molecule has 2 heterocycles. The zero-order valence-corrected chi connectivity index (χ0v) is 13.5. The third-order valence-electron chi connectivity index (χ3n) is 4.73. The van der Waals surface area contributed by atoms with Gasteiger partial charge in [0, 0.05) is 17.5 Å². The second kappa shape index (κ2) is 5.66. The van der Waals surface area contributed by atoms with Gasteiger partial charge in [0.2, 0.25) is 0 Å². The maximum atomic E-state index is 4.61. The molecule has 0 saturated heterocycles. The number of anilines is 1. The first kappa shape index (κ1) is 14.4. The van der Waals surface area contributed by atoms with Crippen LogP contribution in [0.3, 0.4) is 0 Å². The molecule has 1 aliphatic rings. The van der Waals surface area contributed by atoms with Crippen LogP contribution in [0.15, 0.2) is 18.5 Å². The Balaban J connectivity index is 1.81. The molecule has 1 aliphatic carbocycles. The minimum absolute atomic E-state index is 0.341. The van der Waals surface area contributed by atoms with Crippen LogP contribution in [0.1, 0.15) is 53.0 Å². The molecule has 3 atom stereocenters. The largest absolute Gasteiger partial charge is 0.381 e. The molecule has 1 N–H and O–H groups in total. The number of nitrogens with one attached hydrogen (secondary N) is 1. The maximum Gasteiger partial charge on any atom is 0.158 e. The van der Waals surface area contributed by atoms with Crippen molar-refractivity contribution in [3.05, 3.63) is 18.5 Å². The lowest BCUT2D eigenvalue weighted by atomic mass is 9.80. The van der Waals surface area contributed by atoms with Crippen LogP contribution in [0.25, 0.3) is 11.0 Å². The van der Waals surface area contributed by atoms with Crippen molar-refractivity contribution >= 4 is 16.7 Å². The van der Waals surface area contributed by atoms with E-state index in [-0.39, 0.29) is 0 Å². The summed E-state index contributed by atoms with van der Waals surface area (Å²) in [6, 6.07) is 3.08. The Morgan fingerprint density at radius 2 is 2.05 bits per heavy atom. The van der Waals surface area contributed by atoms with Gasteiger partial charge in [-0.15, -0.1) is 0 Å². The molecule has 114 valence electrons. The molecular formula is C17H26N4.